The molecule has 1 heterocycles. The van der Waals surface area contributed by atoms with Crippen molar-refractivity contribution in [2.45, 2.75) is 0 Å². The molecule has 0 amide bonds. The molecule has 19 heavy (non-hydrogen) atoms. The standard InChI is InChI=1S/C12H4BrCl2NO2S/c1-16-9-8(10(12(17)18)19-11(9)13)6-3-2-5(14)4-7(6)15/h2-4H,(H,17,18). The summed E-state index contributed by atoms with van der Waals surface area (Å²) < 4.78 is 0.473. The van der Waals surface area contributed by atoms with Crippen LogP contribution in [-0.2, 0) is 0 Å². The molecular weight excluding hydrogens is 373 g/mol. The lowest BCUT2D eigenvalue weighted by Gasteiger charge is -2.05. The number of halogens is 3. The lowest BCUT2D eigenvalue weighted by molar-refractivity contribution is 0.0703. The van der Waals surface area contributed by atoms with Crippen LogP contribution in [0.4, 0.5) is 5.69 Å². The molecule has 0 saturated carbocycles. The van der Waals surface area contributed by atoms with Crippen molar-refractivity contribution >= 4 is 62.1 Å². The molecular formula is C12H4BrCl2NO2S. The van der Waals surface area contributed by atoms with Crippen LogP contribution in [0.25, 0.3) is 16.0 Å². The largest absolute Gasteiger partial charge is 0.477 e. The van der Waals surface area contributed by atoms with E-state index in [1.165, 1.54) is 6.07 Å². The molecule has 0 aliphatic carbocycles. The first-order chi connectivity index (χ1) is 8.95. The molecule has 0 radical (unpaired) electrons. The predicted molar refractivity (Wildman–Crippen MR) is 80.7 cm³/mol. The number of hydrogen-bond donors (Lipinski definition) is 1. The second-order valence-electron chi connectivity index (χ2n) is 3.47. The third-order valence-electron chi connectivity index (χ3n) is 2.35. The van der Waals surface area contributed by atoms with E-state index in [9.17, 15) is 9.90 Å². The Bertz CT molecular complexity index is 721. The van der Waals surface area contributed by atoms with Gasteiger partial charge in [0.25, 0.3) is 0 Å². The summed E-state index contributed by atoms with van der Waals surface area (Å²) in [5.74, 6) is -1.10. The van der Waals surface area contributed by atoms with E-state index in [1.54, 1.807) is 12.1 Å². The monoisotopic (exact) mass is 375 g/mol. The van der Waals surface area contributed by atoms with Gasteiger partial charge in [-0.05, 0) is 17.7 Å². The molecule has 2 rings (SSSR count). The first kappa shape index (κ1) is 14.4. The molecule has 3 nitrogen and oxygen atoms in total. The van der Waals surface area contributed by atoms with Gasteiger partial charge in [0.2, 0.25) is 5.69 Å². The van der Waals surface area contributed by atoms with Crippen LogP contribution in [-0.4, -0.2) is 11.1 Å². The van der Waals surface area contributed by atoms with E-state index in [-0.39, 0.29) is 10.6 Å². The summed E-state index contributed by atoms with van der Waals surface area (Å²) in [6.45, 7) is 7.18. The summed E-state index contributed by atoms with van der Waals surface area (Å²) in [6.07, 6.45) is 0. The summed E-state index contributed by atoms with van der Waals surface area (Å²) in [7, 11) is 0. The number of benzene rings is 1. The molecule has 0 spiro atoms. The van der Waals surface area contributed by atoms with Gasteiger partial charge in [-0.15, -0.1) is 11.3 Å². The summed E-state index contributed by atoms with van der Waals surface area (Å²) in [6, 6.07) is 4.73. The molecule has 0 saturated heterocycles. The van der Waals surface area contributed by atoms with Crippen molar-refractivity contribution in [2.75, 3.05) is 0 Å². The zero-order valence-corrected chi connectivity index (χ0v) is 13.0. The maximum absolute atomic E-state index is 11.3. The Morgan fingerprint density at radius 1 is 1.42 bits per heavy atom. The highest BCUT2D eigenvalue weighted by atomic mass is 79.9. The minimum Gasteiger partial charge on any atom is -0.477 e. The number of nitrogens with zero attached hydrogens (tertiary/aromatic N) is 1. The maximum atomic E-state index is 11.3. The topological polar surface area (TPSA) is 41.7 Å². The maximum Gasteiger partial charge on any atom is 0.345 e. The Morgan fingerprint density at radius 3 is 2.63 bits per heavy atom. The average molecular weight is 377 g/mol. The fourth-order valence-corrected chi connectivity index (χ4v) is 3.68. The van der Waals surface area contributed by atoms with Gasteiger partial charge in [-0.1, -0.05) is 45.2 Å². The Labute approximate surface area is 131 Å². The van der Waals surface area contributed by atoms with Crippen molar-refractivity contribution in [3.8, 4) is 11.1 Å². The highest BCUT2D eigenvalue weighted by Crippen LogP contribution is 2.48. The second kappa shape index (κ2) is 5.51. The molecule has 1 N–H and O–H groups in total. The van der Waals surface area contributed by atoms with Crippen molar-refractivity contribution in [1.29, 1.82) is 0 Å². The van der Waals surface area contributed by atoms with Gasteiger partial charge in [0.15, 0.2) is 0 Å². The van der Waals surface area contributed by atoms with E-state index in [0.29, 0.717) is 25.0 Å². The minimum absolute atomic E-state index is 0.0714. The molecule has 0 aliphatic heterocycles. The SMILES string of the molecule is [C-]#[N+]c1c(Br)sc(C(=O)O)c1-c1ccc(Cl)cc1Cl. The van der Waals surface area contributed by atoms with Crippen LogP contribution in [0.5, 0.6) is 0 Å². The van der Waals surface area contributed by atoms with Crippen LogP contribution >= 0.6 is 50.5 Å². The van der Waals surface area contributed by atoms with Crippen molar-refractivity contribution in [3.05, 3.63) is 48.3 Å². The first-order valence-electron chi connectivity index (χ1n) is 4.84. The van der Waals surface area contributed by atoms with Crippen molar-refractivity contribution < 1.29 is 9.90 Å². The zero-order valence-electron chi connectivity index (χ0n) is 9.08. The van der Waals surface area contributed by atoms with Crippen molar-refractivity contribution in [3.63, 3.8) is 0 Å². The number of carbonyl (C=O) groups is 1. The smallest absolute Gasteiger partial charge is 0.345 e. The average Bonchev–Trinajstić information content (AvgIpc) is 2.66. The van der Waals surface area contributed by atoms with E-state index < -0.39 is 5.97 Å². The van der Waals surface area contributed by atoms with Crippen LogP contribution in [0.2, 0.25) is 10.0 Å². The Kier molecular flexibility index (Phi) is 4.16. The fourth-order valence-electron chi connectivity index (χ4n) is 1.59. The molecule has 7 heteroatoms. The number of carboxylic acid groups (broad SMARTS) is 1. The quantitative estimate of drug-likeness (QED) is 0.679. The van der Waals surface area contributed by atoms with Crippen LogP contribution in [0.15, 0.2) is 22.0 Å². The zero-order chi connectivity index (χ0) is 14.2. The summed E-state index contributed by atoms with van der Waals surface area (Å²) in [4.78, 5) is 14.7. The molecule has 0 unspecified atom stereocenters. The van der Waals surface area contributed by atoms with Gasteiger partial charge < -0.3 is 5.11 Å². The molecule has 1 aromatic heterocycles. The van der Waals surface area contributed by atoms with Gasteiger partial charge in [0.1, 0.15) is 4.88 Å². The van der Waals surface area contributed by atoms with Crippen LogP contribution < -0.4 is 0 Å². The number of rotatable bonds is 2. The number of aromatic carboxylic acids is 1. The minimum atomic E-state index is -1.10. The van der Waals surface area contributed by atoms with Crippen LogP contribution in [0, 0.1) is 6.57 Å². The van der Waals surface area contributed by atoms with E-state index in [2.05, 4.69) is 20.8 Å². The lowest BCUT2D eigenvalue weighted by Crippen LogP contribution is -1.94. The Morgan fingerprint density at radius 2 is 2.11 bits per heavy atom. The molecule has 1 aromatic carbocycles. The number of hydrogen-bond acceptors (Lipinski definition) is 2. The van der Waals surface area contributed by atoms with Crippen LogP contribution in [0.1, 0.15) is 9.67 Å². The highest BCUT2D eigenvalue weighted by molar-refractivity contribution is 9.11. The van der Waals surface area contributed by atoms with Gasteiger partial charge in [-0.3, -0.25) is 0 Å². The van der Waals surface area contributed by atoms with E-state index in [0.717, 1.165) is 11.3 Å². The fraction of sp³-hybridized carbons (Fsp3) is 0. The van der Waals surface area contributed by atoms with Crippen molar-refractivity contribution in [1.82, 2.24) is 0 Å². The van der Waals surface area contributed by atoms with Gasteiger partial charge in [-0.25, -0.2) is 9.64 Å². The Hall–Kier alpha value is -1.06. The van der Waals surface area contributed by atoms with E-state index >= 15 is 0 Å². The lowest BCUT2D eigenvalue weighted by atomic mass is 10.1. The van der Waals surface area contributed by atoms with Gasteiger partial charge in [0.05, 0.1) is 10.4 Å². The number of thiophene rings is 1. The Balaban J connectivity index is 2.81. The summed E-state index contributed by atoms with van der Waals surface area (Å²) in [5, 5.41) is 9.98. The summed E-state index contributed by atoms with van der Waals surface area (Å²) >= 11 is 16.1. The third kappa shape index (κ3) is 2.63. The van der Waals surface area contributed by atoms with Gasteiger partial charge in [-0.2, -0.15) is 0 Å². The second-order valence-corrected chi connectivity index (χ2v) is 6.65. The van der Waals surface area contributed by atoms with Crippen LogP contribution in [0.3, 0.4) is 0 Å². The predicted octanol–water partition coefficient (Wildman–Crippen LogP) is 5.73. The molecule has 0 bridgehead atoms. The molecule has 96 valence electrons. The van der Waals surface area contributed by atoms with Gasteiger partial charge >= 0.3 is 5.97 Å². The van der Waals surface area contributed by atoms with Crippen molar-refractivity contribution in [2.24, 2.45) is 0 Å². The summed E-state index contributed by atoms with van der Waals surface area (Å²) in [5.41, 5.74) is 1.05. The normalized spacial score (nSPS) is 10.2. The van der Waals surface area contributed by atoms with Gasteiger partial charge in [0, 0.05) is 15.6 Å². The third-order valence-corrected chi connectivity index (χ3v) is 4.71. The molecule has 2 aromatic rings. The molecule has 0 fully saturated rings. The highest BCUT2D eigenvalue weighted by Gasteiger charge is 2.24. The number of carboxylic acids is 1. The van der Waals surface area contributed by atoms with E-state index in [4.69, 9.17) is 29.8 Å². The first-order valence-corrected chi connectivity index (χ1v) is 7.20. The molecule has 0 aliphatic rings. The van der Waals surface area contributed by atoms with E-state index in [1.807, 2.05) is 0 Å². The molecule has 0 atom stereocenters.